The van der Waals surface area contributed by atoms with Crippen LogP contribution in [0.25, 0.3) is 0 Å². The third kappa shape index (κ3) is 5.81. The van der Waals surface area contributed by atoms with Crippen LogP contribution in [0.3, 0.4) is 0 Å². The van der Waals surface area contributed by atoms with Gasteiger partial charge in [-0.05, 0) is 62.1 Å². The van der Waals surface area contributed by atoms with Crippen LogP contribution in [0.1, 0.15) is 22.3 Å². The minimum Gasteiger partial charge on any atom is -0.325 e. The molecule has 2 amide bonds. The molecular formula is C20H24N2O2S2. The third-order valence-electron chi connectivity index (χ3n) is 4.22. The van der Waals surface area contributed by atoms with Crippen LogP contribution in [0.5, 0.6) is 0 Å². The van der Waals surface area contributed by atoms with Crippen LogP contribution in [0.2, 0.25) is 0 Å². The number of carbonyl (C=O) groups excluding carboxylic acids is 2. The fourth-order valence-electron chi connectivity index (χ4n) is 2.34. The maximum Gasteiger partial charge on any atom is 0.235 e. The Hall–Kier alpha value is -1.92. The summed E-state index contributed by atoms with van der Waals surface area (Å²) in [6.45, 7) is 8.02. The van der Waals surface area contributed by atoms with E-state index in [1.165, 1.54) is 21.6 Å². The molecule has 0 unspecified atom stereocenters. The lowest BCUT2D eigenvalue weighted by molar-refractivity contribution is -0.114. The summed E-state index contributed by atoms with van der Waals surface area (Å²) in [5.41, 5.74) is 6.13. The van der Waals surface area contributed by atoms with Crippen LogP contribution in [0.4, 0.5) is 11.4 Å². The molecule has 0 saturated heterocycles. The molecule has 0 fully saturated rings. The van der Waals surface area contributed by atoms with Gasteiger partial charge in [-0.15, -0.1) is 0 Å². The van der Waals surface area contributed by atoms with Gasteiger partial charge in [0.2, 0.25) is 11.8 Å². The van der Waals surface area contributed by atoms with E-state index >= 15 is 0 Å². The highest BCUT2D eigenvalue weighted by Gasteiger charge is 2.09. The van der Waals surface area contributed by atoms with E-state index in [0.717, 1.165) is 33.6 Å². The SMILES string of the molecule is Cc1cccc(NC(=O)CSSCC(=O)Nc2cccc(C)c2C)c1C. The number of hydrogen-bond acceptors (Lipinski definition) is 4. The minimum absolute atomic E-state index is 0.0638. The maximum absolute atomic E-state index is 12.0. The first-order chi connectivity index (χ1) is 12.4. The molecule has 0 saturated carbocycles. The van der Waals surface area contributed by atoms with Gasteiger partial charge in [-0.25, -0.2) is 0 Å². The summed E-state index contributed by atoms with van der Waals surface area (Å²) in [5.74, 6) is 0.473. The molecule has 0 spiro atoms. The van der Waals surface area contributed by atoms with E-state index in [0.29, 0.717) is 11.5 Å². The molecule has 0 aromatic heterocycles. The predicted octanol–water partition coefficient (Wildman–Crippen LogP) is 4.88. The molecule has 0 atom stereocenters. The van der Waals surface area contributed by atoms with Crippen molar-refractivity contribution in [2.24, 2.45) is 0 Å². The van der Waals surface area contributed by atoms with Crippen LogP contribution in [-0.4, -0.2) is 23.3 Å². The number of carbonyl (C=O) groups is 2. The minimum atomic E-state index is -0.0638. The molecular weight excluding hydrogens is 364 g/mol. The average Bonchev–Trinajstić information content (AvgIpc) is 2.60. The molecule has 0 bridgehead atoms. The van der Waals surface area contributed by atoms with Crippen molar-refractivity contribution in [3.8, 4) is 0 Å². The highest BCUT2D eigenvalue weighted by Crippen LogP contribution is 2.24. The smallest absolute Gasteiger partial charge is 0.235 e. The molecule has 0 aliphatic rings. The number of amides is 2. The van der Waals surface area contributed by atoms with Gasteiger partial charge in [0, 0.05) is 11.4 Å². The van der Waals surface area contributed by atoms with Crippen molar-refractivity contribution in [3.05, 3.63) is 58.7 Å². The van der Waals surface area contributed by atoms with Crippen molar-refractivity contribution in [1.29, 1.82) is 0 Å². The van der Waals surface area contributed by atoms with Crippen molar-refractivity contribution in [2.75, 3.05) is 22.1 Å². The van der Waals surface area contributed by atoms with Crippen molar-refractivity contribution in [3.63, 3.8) is 0 Å². The van der Waals surface area contributed by atoms with Gasteiger partial charge in [0.05, 0.1) is 11.5 Å². The lowest BCUT2D eigenvalue weighted by atomic mass is 10.1. The van der Waals surface area contributed by atoms with Gasteiger partial charge in [-0.3, -0.25) is 9.59 Å². The summed E-state index contributed by atoms with van der Waals surface area (Å²) in [5, 5.41) is 5.84. The van der Waals surface area contributed by atoms with Gasteiger partial charge in [0.1, 0.15) is 0 Å². The Morgan fingerprint density at radius 1 is 0.731 bits per heavy atom. The molecule has 2 aromatic carbocycles. The van der Waals surface area contributed by atoms with Gasteiger partial charge in [-0.2, -0.15) is 0 Å². The topological polar surface area (TPSA) is 58.2 Å². The van der Waals surface area contributed by atoms with Crippen LogP contribution < -0.4 is 10.6 Å². The van der Waals surface area contributed by atoms with Crippen LogP contribution >= 0.6 is 21.6 Å². The van der Waals surface area contributed by atoms with Gasteiger partial charge in [0.25, 0.3) is 0 Å². The van der Waals surface area contributed by atoms with Crippen molar-refractivity contribution in [2.45, 2.75) is 27.7 Å². The fraction of sp³-hybridized carbons (Fsp3) is 0.300. The van der Waals surface area contributed by atoms with Crippen molar-refractivity contribution < 1.29 is 9.59 Å². The Balaban J connectivity index is 1.72. The molecule has 2 rings (SSSR count). The zero-order valence-electron chi connectivity index (χ0n) is 15.5. The van der Waals surface area contributed by atoms with E-state index in [-0.39, 0.29) is 11.8 Å². The molecule has 0 aliphatic carbocycles. The molecule has 0 heterocycles. The largest absolute Gasteiger partial charge is 0.325 e. The summed E-state index contributed by atoms with van der Waals surface area (Å²) in [7, 11) is 2.76. The number of aryl methyl sites for hydroxylation is 2. The number of nitrogens with one attached hydrogen (secondary N) is 2. The normalized spacial score (nSPS) is 10.5. The second kappa shape index (κ2) is 9.69. The Morgan fingerprint density at radius 3 is 1.50 bits per heavy atom. The summed E-state index contributed by atoms with van der Waals surface area (Å²) in [4.78, 5) is 24.1. The third-order valence-corrected chi connectivity index (χ3v) is 6.35. The molecule has 2 aromatic rings. The average molecular weight is 389 g/mol. The standard InChI is InChI=1S/C20H24N2O2S2/c1-13-7-5-9-17(15(13)3)21-19(23)11-25-26-12-20(24)22-18-10-6-8-14(2)16(18)4/h5-10H,11-12H2,1-4H3,(H,21,23)(H,22,24). The zero-order valence-corrected chi connectivity index (χ0v) is 17.1. The van der Waals surface area contributed by atoms with E-state index in [4.69, 9.17) is 0 Å². The summed E-state index contributed by atoms with van der Waals surface area (Å²) in [6.07, 6.45) is 0. The lowest BCUT2D eigenvalue weighted by Crippen LogP contribution is -2.16. The number of anilines is 2. The zero-order chi connectivity index (χ0) is 19.1. The van der Waals surface area contributed by atoms with Gasteiger partial charge < -0.3 is 10.6 Å². The van der Waals surface area contributed by atoms with Gasteiger partial charge in [-0.1, -0.05) is 45.9 Å². The molecule has 0 aliphatic heterocycles. The van der Waals surface area contributed by atoms with Crippen molar-refractivity contribution in [1.82, 2.24) is 0 Å². The number of benzene rings is 2. The first kappa shape index (κ1) is 20.4. The van der Waals surface area contributed by atoms with E-state index in [1.54, 1.807) is 0 Å². The van der Waals surface area contributed by atoms with E-state index in [2.05, 4.69) is 10.6 Å². The Morgan fingerprint density at radius 2 is 1.12 bits per heavy atom. The first-order valence-electron chi connectivity index (χ1n) is 8.35. The highest BCUT2D eigenvalue weighted by atomic mass is 33.1. The molecule has 4 nitrogen and oxygen atoms in total. The van der Waals surface area contributed by atoms with Crippen LogP contribution in [0.15, 0.2) is 36.4 Å². The summed E-state index contributed by atoms with van der Waals surface area (Å²) < 4.78 is 0. The number of rotatable bonds is 7. The molecule has 6 heteroatoms. The quantitative estimate of drug-likeness (QED) is 0.524. The second-order valence-corrected chi connectivity index (χ2v) is 8.58. The van der Waals surface area contributed by atoms with E-state index < -0.39 is 0 Å². The number of hydrogen-bond donors (Lipinski definition) is 2. The van der Waals surface area contributed by atoms with Crippen LogP contribution in [-0.2, 0) is 9.59 Å². The Bertz CT molecular complexity index is 739. The Kier molecular flexibility index (Phi) is 7.60. The highest BCUT2D eigenvalue weighted by molar-refractivity contribution is 8.77. The fourth-order valence-corrected chi connectivity index (χ4v) is 4.00. The summed E-state index contributed by atoms with van der Waals surface area (Å²) in [6, 6.07) is 11.7. The van der Waals surface area contributed by atoms with Gasteiger partial charge in [0.15, 0.2) is 0 Å². The van der Waals surface area contributed by atoms with Gasteiger partial charge >= 0.3 is 0 Å². The molecule has 26 heavy (non-hydrogen) atoms. The second-order valence-electron chi connectivity index (χ2n) is 6.12. The molecule has 2 N–H and O–H groups in total. The van der Waals surface area contributed by atoms with Crippen LogP contribution in [0, 0.1) is 27.7 Å². The first-order valence-corrected chi connectivity index (χ1v) is 10.8. The Labute approximate surface area is 162 Å². The van der Waals surface area contributed by atoms with Crippen molar-refractivity contribution >= 4 is 44.8 Å². The van der Waals surface area contributed by atoms with E-state index in [1.807, 2.05) is 64.1 Å². The molecule has 0 radical (unpaired) electrons. The molecule has 138 valence electrons. The maximum atomic E-state index is 12.0. The monoisotopic (exact) mass is 388 g/mol. The predicted molar refractivity (Wildman–Crippen MR) is 114 cm³/mol. The van der Waals surface area contributed by atoms with E-state index in [9.17, 15) is 9.59 Å². The lowest BCUT2D eigenvalue weighted by Gasteiger charge is -2.11. The summed E-state index contributed by atoms with van der Waals surface area (Å²) >= 11 is 0.